The monoisotopic (exact) mass is 326 g/mol. The van der Waals surface area contributed by atoms with E-state index in [4.69, 9.17) is 4.74 Å². The van der Waals surface area contributed by atoms with Gasteiger partial charge in [0.15, 0.2) is 0 Å². The summed E-state index contributed by atoms with van der Waals surface area (Å²) in [5, 5.41) is 0. The Morgan fingerprint density at radius 1 is 0.565 bits per heavy atom. The molecular formula is C22H46O. The molecule has 0 aromatic rings. The zero-order valence-electron chi connectivity index (χ0n) is 18.3. The number of ether oxygens (including phenoxy) is 1. The van der Waals surface area contributed by atoms with Gasteiger partial charge in [-0.2, -0.15) is 0 Å². The molecule has 4 unspecified atom stereocenters. The third kappa shape index (κ3) is 8.57. The van der Waals surface area contributed by atoms with Gasteiger partial charge in [0.1, 0.15) is 0 Å². The molecule has 23 heavy (non-hydrogen) atoms. The predicted molar refractivity (Wildman–Crippen MR) is 105 cm³/mol. The van der Waals surface area contributed by atoms with Crippen LogP contribution in [0.5, 0.6) is 0 Å². The van der Waals surface area contributed by atoms with E-state index in [1.54, 1.807) is 0 Å². The van der Waals surface area contributed by atoms with Crippen molar-refractivity contribution >= 4 is 0 Å². The molecule has 0 N–H and O–H groups in total. The van der Waals surface area contributed by atoms with Crippen LogP contribution in [0.2, 0.25) is 0 Å². The molecule has 0 fully saturated rings. The average molecular weight is 327 g/mol. The lowest BCUT2D eigenvalue weighted by Crippen LogP contribution is -2.41. The molecule has 0 radical (unpaired) electrons. The van der Waals surface area contributed by atoms with Gasteiger partial charge >= 0.3 is 0 Å². The fourth-order valence-corrected chi connectivity index (χ4v) is 2.64. The predicted octanol–water partition coefficient (Wildman–Crippen LogP) is 7.20. The highest BCUT2D eigenvalue weighted by Crippen LogP contribution is 2.37. The minimum absolute atomic E-state index is 0.188. The van der Waals surface area contributed by atoms with Crippen LogP contribution in [-0.2, 0) is 4.74 Å². The van der Waals surface area contributed by atoms with Gasteiger partial charge in [-0.3, -0.25) is 0 Å². The van der Waals surface area contributed by atoms with E-state index in [0.29, 0.717) is 35.9 Å². The van der Waals surface area contributed by atoms with Crippen LogP contribution in [0, 0.1) is 34.5 Å². The molecule has 4 atom stereocenters. The molecular weight excluding hydrogens is 280 g/mol. The molecule has 0 aromatic carbocycles. The van der Waals surface area contributed by atoms with E-state index in [2.05, 4.69) is 83.1 Å². The van der Waals surface area contributed by atoms with Crippen molar-refractivity contribution in [2.45, 2.75) is 108 Å². The third-order valence-electron chi connectivity index (χ3n) is 5.71. The minimum Gasteiger partial charge on any atom is -0.374 e. The van der Waals surface area contributed by atoms with Gasteiger partial charge in [0.05, 0.1) is 12.2 Å². The summed E-state index contributed by atoms with van der Waals surface area (Å²) in [6, 6.07) is 0. The lowest BCUT2D eigenvalue weighted by atomic mass is 9.78. The van der Waals surface area contributed by atoms with Crippen molar-refractivity contribution in [1.29, 1.82) is 0 Å². The molecule has 0 amide bonds. The van der Waals surface area contributed by atoms with Gasteiger partial charge < -0.3 is 4.74 Å². The molecule has 0 saturated carbocycles. The van der Waals surface area contributed by atoms with Crippen LogP contribution in [0.4, 0.5) is 0 Å². The van der Waals surface area contributed by atoms with Crippen molar-refractivity contribution < 1.29 is 4.74 Å². The van der Waals surface area contributed by atoms with Gasteiger partial charge in [0.25, 0.3) is 0 Å². The van der Waals surface area contributed by atoms with Crippen LogP contribution in [0.1, 0.15) is 95.9 Å². The van der Waals surface area contributed by atoms with Gasteiger partial charge in [0, 0.05) is 0 Å². The van der Waals surface area contributed by atoms with Gasteiger partial charge in [-0.15, -0.1) is 0 Å². The molecule has 0 aliphatic rings. The molecule has 0 aliphatic carbocycles. The molecule has 0 saturated heterocycles. The van der Waals surface area contributed by atoms with E-state index < -0.39 is 0 Å². The first kappa shape index (κ1) is 23.0. The van der Waals surface area contributed by atoms with Crippen LogP contribution in [-0.4, -0.2) is 12.2 Å². The number of hydrogen-bond acceptors (Lipinski definition) is 1. The summed E-state index contributed by atoms with van der Waals surface area (Å²) in [5.74, 6) is 2.82. The zero-order valence-corrected chi connectivity index (χ0v) is 18.3. The second-order valence-electron chi connectivity index (χ2n) is 10.8. The minimum atomic E-state index is 0.188. The maximum atomic E-state index is 6.82. The Labute approximate surface area is 148 Å². The second-order valence-corrected chi connectivity index (χ2v) is 10.8. The van der Waals surface area contributed by atoms with E-state index in [-0.39, 0.29) is 10.8 Å². The van der Waals surface area contributed by atoms with Gasteiger partial charge in [-0.1, -0.05) is 83.1 Å². The molecule has 1 heteroatoms. The third-order valence-corrected chi connectivity index (χ3v) is 5.71. The first-order chi connectivity index (χ1) is 10.2. The highest BCUT2D eigenvalue weighted by atomic mass is 16.5. The molecule has 0 aliphatic heterocycles. The Hall–Kier alpha value is -0.0400. The van der Waals surface area contributed by atoms with Gasteiger partial charge in [-0.25, -0.2) is 0 Å². The standard InChI is InChI=1S/C22H46O/c1-15(2)17(5)13-19(21(7,8)9)23-20(22(10,11)12)14-18(6)16(3)4/h15-20H,13-14H2,1-12H3. The molecule has 140 valence electrons. The summed E-state index contributed by atoms with van der Waals surface area (Å²) in [6.07, 6.45) is 2.96. The molecule has 0 bridgehead atoms. The molecule has 0 heterocycles. The summed E-state index contributed by atoms with van der Waals surface area (Å²) in [4.78, 5) is 0. The van der Waals surface area contributed by atoms with Crippen molar-refractivity contribution in [1.82, 2.24) is 0 Å². The summed E-state index contributed by atoms with van der Waals surface area (Å²) >= 11 is 0. The van der Waals surface area contributed by atoms with Crippen molar-refractivity contribution in [3.05, 3.63) is 0 Å². The molecule has 0 rings (SSSR count). The van der Waals surface area contributed by atoms with Gasteiger partial charge in [0.2, 0.25) is 0 Å². The zero-order chi connectivity index (χ0) is 18.6. The number of rotatable bonds is 8. The molecule has 0 aromatic heterocycles. The Bertz CT molecular complexity index is 284. The summed E-state index contributed by atoms with van der Waals surface area (Å²) in [6.45, 7) is 28.0. The van der Waals surface area contributed by atoms with Crippen molar-refractivity contribution in [2.75, 3.05) is 0 Å². The summed E-state index contributed by atoms with van der Waals surface area (Å²) in [7, 11) is 0. The largest absolute Gasteiger partial charge is 0.374 e. The van der Waals surface area contributed by atoms with E-state index in [1.807, 2.05) is 0 Å². The van der Waals surface area contributed by atoms with Crippen LogP contribution >= 0.6 is 0 Å². The normalized spacial score (nSPS) is 19.0. The van der Waals surface area contributed by atoms with Gasteiger partial charge in [-0.05, 0) is 47.3 Å². The Kier molecular flexibility index (Phi) is 8.87. The summed E-state index contributed by atoms with van der Waals surface area (Å²) < 4.78 is 6.82. The Morgan fingerprint density at radius 3 is 1.00 bits per heavy atom. The lowest BCUT2D eigenvalue weighted by molar-refractivity contribution is -0.124. The maximum Gasteiger partial charge on any atom is 0.0630 e. The molecule has 1 nitrogen and oxygen atoms in total. The van der Waals surface area contributed by atoms with E-state index in [0.717, 1.165) is 12.8 Å². The van der Waals surface area contributed by atoms with Crippen molar-refractivity contribution in [2.24, 2.45) is 34.5 Å². The maximum absolute atomic E-state index is 6.82. The van der Waals surface area contributed by atoms with Crippen LogP contribution in [0.3, 0.4) is 0 Å². The van der Waals surface area contributed by atoms with Crippen LogP contribution < -0.4 is 0 Å². The Balaban J connectivity index is 5.21. The number of hydrogen-bond donors (Lipinski definition) is 0. The second kappa shape index (κ2) is 8.88. The average Bonchev–Trinajstić information content (AvgIpc) is 2.33. The lowest BCUT2D eigenvalue weighted by Gasteiger charge is -2.41. The highest BCUT2D eigenvalue weighted by molar-refractivity contribution is 4.84. The quantitative estimate of drug-likeness (QED) is 0.458. The summed E-state index contributed by atoms with van der Waals surface area (Å²) in [5.41, 5.74) is 0.376. The smallest absolute Gasteiger partial charge is 0.0630 e. The molecule has 0 spiro atoms. The Morgan fingerprint density at radius 2 is 0.826 bits per heavy atom. The van der Waals surface area contributed by atoms with E-state index >= 15 is 0 Å². The fraction of sp³-hybridized carbons (Fsp3) is 1.00. The first-order valence-electron chi connectivity index (χ1n) is 9.81. The topological polar surface area (TPSA) is 9.23 Å². The van der Waals surface area contributed by atoms with E-state index in [9.17, 15) is 0 Å². The van der Waals surface area contributed by atoms with Crippen LogP contribution in [0.25, 0.3) is 0 Å². The SMILES string of the molecule is CC(C)C(C)CC(OC(CC(C)C(C)C)C(C)(C)C)C(C)(C)C. The van der Waals surface area contributed by atoms with Crippen LogP contribution in [0.15, 0.2) is 0 Å². The first-order valence-corrected chi connectivity index (χ1v) is 9.81. The van der Waals surface area contributed by atoms with E-state index in [1.165, 1.54) is 0 Å². The highest BCUT2D eigenvalue weighted by Gasteiger charge is 2.35. The fourth-order valence-electron chi connectivity index (χ4n) is 2.64. The van der Waals surface area contributed by atoms with Crippen molar-refractivity contribution in [3.63, 3.8) is 0 Å². The van der Waals surface area contributed by atoms with Crippen molar-refractivity contribution in [3.8, 4) is 0 Å².